The Labute approximate surface area is 98.7 Å². The monoisotopic (exact) mass is 260 g/mol. The minimum atomic E-state index is -3.66. The summed E-state index contributed by atoms with van der Waals surface area (Å²) < 4.78 is 38.1. The lowest BCUT2D eigenvalue weighted by atomic mass is 10.1. The predicted molar refractivity (Wildman–Crippen MR) is 60.1 cm³/mol. The van der Waals surface area contributed by atoms with Crippen molar-refractivity contribution in [1.29, 1.82) is 0 Å². The van der Waals surface area contributed by atoms with E-state index in [1.165, 1.54) is 4.31 Å². The first-order chi connectivity index (χ1) is 7.95. The number of nitrogens with zero attached hydrogens (tertiary/aromatic N) is 1. The first-order valence-corrected chi connectivity index (χ1v) is 6.55. The molecule has 94 valence electrons. The fraction of sp³-hybridized carbons (Fsp3) is 0.400. The molecule has 0 spiro atoms. The number of aliphatic hydroxyl groups is 1. The Hall–Kier alpha value is -1.18. The second-order valence-corrected chi connectivity index (χ2v) is 5.96. The van der Waals surface area contributed by atoms with Crippen LogP contribution in [0.2, 0.25) is 0 Å². The van der Waals surface area contributed by atoms with Gasteiger partial charge in [-0.05, 0) is 18.2 Å². The predicted octanol–water partition coefficient (Wildman–Crippen LogP) is 0.0207. The second-order valence-electron chi connectivity index (χ2n) is 4.05. The van der Waals surface area contributed by atoms with Gasteiger partial charge in [-0.2, -0.15) is 4.31 Å². The quantitative estimate of drug-likeness (QED) is 0.750. The Morgan fingerprint density at radius 1 is 1.47 bits per heavy atom. The SMILES string of the molecule is Nc1cc(F)ccc1S(=O)(=O)N1CC(CO)C1. The molecular weight excluding hydrogens is 247 g/mol. The Balaban J connectivity index is 2.27. The summed E-state index contributed by atoms with van der Waals surface area (Å²) in [6.45, 7) is 0.510. The summed E-state index contributed by atoms with van der Waals surface area (Å²) in [4.78, 5) is -0.0877. The van der Waals surface area contributed by atoms with Crippen molar-refractivity contribution in [1.82, 2.24) is 4.31 Å². The van der Waals surface area contributed by atoms with E-state index in [4.69, 9.17) is 10.8 Å². The van der Waals surface area contributed by atoms with Crippen molar-refractivity contribution >= 4 is 15.7 Å². The fourth-order valence-electron chi connectivity index (χ4n) is 1.73. The van der Waals surface area contributed by atoms with Crippen molar-refractivity contribution in [3.8, 4) is 0 Å². The molecule has 1 fully saturated rings. The topological polar surface area (TPSA) is 83.6 Å². The lowest BCUT2D eigenvalue weighted by Gasteiger charge is -2.37. The van der Waals surface area contributed by atoms with Crippen LogP contribution in [0, 0.1) is 11.7 Å². The van der Waals surface area contributed by atoms with Crippen LogP contribution in [0.5, 0.6) is 0 Å². The molecule has 0 saturated carbocycles. The van der Waals surface area contributed by atoms with Crippen LogP contribution in [-0.4, -0.2) is 37.5 Å². The van der Waals surface area contributed by atoms with Crippen LogP contribution in [0.4, 0.5) is 10.1 Å². The number of rotatable bonds is 3. The molecule has 0 bridgehead atoms. The summed E-state index contributed by atoms with van der Waals surface area (Å²) >= 11 is 0. The Morgan fingerprint density at radius 3 is 2.65 bits per heavy atom. The van der Waals surface area contributed by atoms with Crippen molar-refractivity contribution in [3.05, 3.63) is 24.0 Å². The number of benzene rings is 1. The van der Waals surface area contributed by atoms with Gasteiger partial charge in [0, 0.05) is 25.6 Å². The maximum atomic E-state index is 12.8. The van der Waals surface area contributed by atoms with E-state index in [1.807, 2.05) is 0 Å². The van der Waals surface area contributed by atoms with E-state index in [1.54, 1.807) is 0 Å². The summed E-state index contributed by atoms with van der Waals surface area (Å²) in [5.74, 6) is -0.593. The zero-order valence-corrected chi connectivity index (χ0v) is 9.82. The van der Waals surface area contributed by atoms with Gasteiger partial charge in [-0.15, -0.1) is 0 Å². The van der Waals surface area contributed by atoms with Crippen LogP contribution < -0.4 is 5.73 Å². The summed E-state index contributed by atoms with van der Waals surface area (Å²) in [5, 5.41) is 8.84. The third-order valence-electron chi connectivity index (χ3n) is 2.77. The fourth-order valence-corrected chi connectivity index (χ4v) is 3.42. The highest BCUT2D eigenvalue weighted by atomic mass is 32.2. The van der Waals surface area contributed by atoms with Gasteiger partial charge in [0.2, 0.25) is 10.0 Å². The molecule has 0 unspecified atom stereocenters. The van der Waals surface area contributed by atoms with Gasteiger partial charge in [-0.1, -0.05) is 0 Å². The first kappa shape index (κ1) is 12.3. The van der Waals surface area contributed by atoms with Crippen LogP contribution >= 0.6 is 0 Å². The Kier molecular flexibility index (Phi) is 3.07. The number of halogens is 1. The molecule has 1 aromatic rings. The summed E-state index contributed by atoms with van der Waals surface area (Å²) in [5.41, 5.74) is 5.40. The summed E-state index contributed by atoms with van der Waals surface area (Å²) in [6.07, 6.45) is 0. The first-order valence-electron chi connectivity index (χ1n) is 5.11. The normalized spacial score (nSPS) is 18.0. The standard InChI is InChI=1S/C10H13FN2O3S/c11-8-1-2-10(9(12)3-8)17(15,16)13-4-7(5-13)6-14/h1-3,7,14H,4-6,12H2. The largest absolute Gasteiger partial charge is 0.398 e. The highest BCUT2D eigenvalue weighted by Crippen LogP contribution is 2.28. The van der Waals surface area contributed by atoms with E-state index in [9.17, 15) is 12.8 Å². The molecule has 0 radical (unpaired) electrons. The van der Waals surface area contributed by atoms with E-state index in [0.29, 0.717) is 0 Å². The lowest BCUT2D eigenvalue weighted by molar-refractivity contribution is 0.117. The third-order valence-corrected chi connectivity index (χ3v) is 4.68. The molecule has 17 heavy (non-hydrogen) atoms. The van der Waals surface area contributed by atoms with Crippen molar-refractivity contribution < 1.29 is 17.9 Å². The van der Waals surface area contributed by atoms with Gasteiger partial charge in [-0.3, -0.25) is 0 Å². The molecule has 5 nitrogen and oxygen atoms in total. The van der Waals surface area contributed by atoms with Crippen molar-refractivity contribution in [3.63, 3.8) is 0 Å². The average molecular weight is 260 g/mol. The molecule has 7 heteroatoms. The van der Waals surface area contributed by atoms with Crippen LogP contribution in [0.25, 0.3) is 0 Å². The Bertz CT molecular complexity index is 526. The lowest BCUT2D eigenvalue weighted by Crippen LogP contribution is -2.51. The van der Waals surface area contributed by atoms with Crippen LogP contribution in [0.1, 0.15) is 0 Å². The summed E-state index contributed by atoms with van der Waals surface area (Å²) in [7, 11) is -3.66. The maximum absolute atomic E-state index is 12.8. The van der Waals surface area contributed by atoms with Crippen molar-refractivity contribution in [2.75, 3.05) is 25.4 Å². The highest BCUT2D eigenvalue weighted by Gasteiger charge is 2.37. The van der Waals surface area contributed by atoms with Gasteiger partial charge in [0.1, 0.15) is 10.7 Å². The van der Waals surface area contributed by atoms with E-state index in [0.717, 1.165) is 18.2 Å². The minimum absolute atomic E-state index is 0.0218. The number of anilines is 1. The molecule has 1 aliphatic heterocycles. The zero-order valence-electron chi connectivity index (χ0n) is 9.01. The molecule has 0 amide bonds. The van der Waals surface area contributed by atoms with Crippen molar-refractivity contribution in [2.24, 2.45) is 5.92 Å². The van der Waals surface area contributed by atoms with Gasteiger partial charge in [-0.25, -0.2) is 12.8 Å². The molecule has 1 aliphatic rings. The smallest absolute Gasteiger partial charge is 0.245 e. The van der Waals surface area contributed by atoms with E-state index in [2.05, 4.69) is 0 Å². The molecule has 0 aliphatic carbocycles. The van der Waals surface area contributed by atoms with E-state index < -0.39 is 15.8 Å². The van der Waals surface area contributed by atoms with Crippen LogP contribution in [0.3, 0.4) is 0 Å². The van der Waals surface area contributed by atoms with E-state index >= 15 is 0 Å². The molecule has 0 atom stereocenters. The van der Waals surface area contributed by atoms with E-state index in [-0.39, 0.29) is 36.2 Å². The summed E-state index contributed by atoms with van der Waals surface area (Å²) in [6, 6.07) is 3.20. The number of hydrogen-bond acceptors (Lipinski definition) is 4. The molecule has 1 aromatic carbocycles. The number of nitrogen functional groups attached to an aromatic ring is 1. The zero-order chi connectivity index (χ0) is 12.6. The number of aliphatic hydroxyl groups excluding tert-OH is 1. The molecule has 2 rings (SSSR count). The average Bonchev–Trinajstić information content (AvgIpc) is 2.14. The van der Waals surface area contributed by atoms with Crippen LogP contribution in [0.15, 0.2) is 23.1 Å². The number of hydrogen-bond donors (Lipinski definition) is 2. The van der Waals surface area contributed by atoms with Crippen LogP contribution in [-0.2, 0) is 10.0 Å². The molecule has 1 saturated heterocycles. The molecule has 0 aromatic heterocycles. The second kappa shape index (κ2) is 4.25. The number of sulfonamides is 1. The molecular formula is C10H13FN2O3S. The van der Waals surface area contributed by atoms with Crippen molar-refractivity contribution in [2.45, 2.75) is 4.90 Å². The molecule has 3 N–H and O–H groups in total. The third kappa shape index (κ3) is 2.13. The van der Waals surface area contributed by atoms with Gasteiger partial charge < -0.3 is 10.8 Å². The van der Waals surface area contributed by atoms with Gasteiger partial charge >= 0.3 is 0 Å². The van der Waals surface area contributed by atoms with Gasteiger partial charge in [0.05, 0.1) is 5.69 Å². The highest BCUT2D eigenvalue weighted by molar-refractivity contribution is 7.89. The molecule has 1 heterocycles. The maximum Gasteiger partial charge on any atom is 0.245 e. The Morgan fingerprint density at radius 2 is 2.12 bits per heavy atom. The van der Waals surface area contributed by atoms with Gasteiger partial charge in [0.25, 0.3) is 0 Å². The minimum Gasteiger partial charge on any atom is -0.398 e. The van der Waals surface area contributed by atoms with Gasteiger partial charge in [0.15, 0.2) is 0 Å². The number of nitrogens with two attached hydrogens (primary N) is 1.